The van der Waals surface area contributed by atoms with Gasteiger partial charge in [-0.3, -0.25) is 9.59 Å². The second-order valence-electron chi connectivity index (χ2n) is 11.3. The molecule has 3 fully saturated rings. The highest BCUT2D eigenvalue weighted by Crippen LogP contribution is 2.72. The molecule has 0 amide bonds. The van der Waals surface area contributed by atoms with Crippen molar-refractivity contribution in [3.05, 3.63) is 47.6 Å². The van der Waals surface area contributed by atoms with E-state index in [1.54, 1.807) is 20.8 Å². The average Bonchev–Trinajstić information content (AvgIpc) is 3.43. The first-order valence-electron chi connectivity index (χ1n) is 12.4. The van der Waals surface area contributed by atoms with E-state index in [1.165, 1.54) is 30.5 Å². The zero-order valence-electron chi connectivity index (χ0n) is 20.7. The third-order valence-electron chi connectivity index (χ3n) is 9.87. The van der Waals surface area contributed by atoms with Crippen LogP contribution in [0.1, 0.15) is 57.0 Å². The molecule has 1 heterocycles. The molecule has 2 unspecified atom stereocenters. The summed E-state index contributed by atoms with van der Waals surface area (Å²) in [6, 6.07) is 2.98. The normalized spacial score (nSPS) is 43.6. The van der Waals surface area contributed by atoms with Gasteiger partial charge in [-0.2, -0.15) is 0 Å². The Kier molecular flexibility index (Phi) is 6.13. The first kappa shape index (κ1) is 26.6. The van der Waals surface area contributed by atoms with Crippen LogP contribution >= 0.6 is 23.2 Å². The minimum absolute atomic E-state index is 0.0207. The van der Waals surface area contributed by atoms with Gasteiger partial charge in [-0.05, 0) is 68.6 Å². The summed E-state index contributed by atoms with van der Waals surface area (Å²) in [6.45, 7) is 5.23. The van der Waals surface area contributed by atoms with Gasteiger partial charge in [-0.25, -0.2) is 4.79 Å². The minimum Gasteiger partial charge on any atom is -0.457 e. The van der Waals surface area contributed by atoms with Gasteiger partial charge < -0.3 is 24.5 Å². The Bertz CT molecular complexity index is 1220. The summed E-state index contributed by atoms with van der Waals surface area (Å²) in [6.07, 6.45) is 4.02. The molecule has 0 saturated heterocycles. The summed E-state index contributed by atoms with van der Waals surface area (Å²) in [7, 11) is 0. The van der Waals surface area contributed by atoms with Crippen molar-refractivity contribution in [3.63, 3.8) is 0 Å². The summed E-state index contributed by atoms with van der Waals surface area (Å²) >= 11 is 13.3. The predicted octanol–water partition coefficient (Wildman–Crippen LogP) is 3.51. The number of hydrogen-bond acceptors (Lipinski definition) is 8. The number of carbonyl (C=O) groups excluding carboxylic acids is 3. The van der Waals surface area contributed by atoms with Crippen LogP contribution in [0.5, 0.6) is 0 Å². The van der Waals surface area contributed by atoms with Gasteiger partial charge in [0.05, 0.1) is 22.7 Å². The number of esters is 1. The zero-order chi connectivity index (χ0) is 27.1. The number of carbonyl (C=O) groups is 3. The van der Waals surface area contributed by atoms with E-state index >= 15 is 0 Å². The first-order valence-corrected chi connectivity index (χ1v) is 13.2. The van der Waals surface area contributed by atoms with Gasteiger partial charge in [0.25, 0.3) is 0 Å². The lowest BCUT2D eigenvalue weighted by Gasteiger charge is -2.64. The van der Waals surface area contributed by atoms with Crippen LogP contribution in [0.3, 0.4) is 0 Å². The van der Waals surface area contributed by atoms with E-state index in [2.05, 4.69) is 0 Å². The highest BCUT2D eigenvalue weighted by Gasteiger charge is 2.76. The molecule has 1 aromatic rings. The largest absolute Gasteiger partial charge is 0.457 e. The van der Waals surface area contributed by atoms with Crippen molar-refractivity contribution in [1.29, 1.82) is 0 Å². The summed E-state index contributed by atoms with van der Waals surface area (Å²) < 4.78 is 10.9. The lowest BCUT2D eigenvalue weighted by atomic mass is 9.45. The van der Waals surface area contributed by atoms with Crippen LogP contribution in [0.4, 0.5) is 0 Å². The Morgan fingerprint density at radius 2 is 1.95 bits per heavy atom. The minimum atomic E-state index is -1.97. The third-order valence-corrected chi connectivity index (χ3v) is 11.0. The van der Waals surface area contributed by atoms with E-state index in [0.29, 0.717) is 24.8 Å². The Hall–Kier alpha value is -1.97. The molecule has 200 valence electrons. The maximum absolute atomic E-state index is 13.0. The number of ketones is 2. The zero-order valence-corrected chi connectivity index (χ0v) is 22.3. The van der Waals surface area contributed by atoms with E-state index in [9.17, 15) is 29.7 Å². The molecule has 0 spiro atoms. The molecule has 0 radical (unpaired) electrons. The van der Waals surface area contributed by atoms with Gasteiger partial charge in [0.15, 0.2) is 11.3 Å². The summed E-state index contributed by atoms with van der Waals surface area (Å²) in [5.41, 5.74) is -5.58. The van der Waals surface area contributed by atoms with E-state index in [4.69, 9.17) is 32.4 Å². The highest BCUT2D eigenvalue weighted by atomic mass is 35.5. The molecule has 5 rings (SSSR count). The molecule has 37 heavy (non-hydrogen) atoms. The van der Waals surface area contributed by atoms with Gasteiger partial charge in [0.2, 0.25) is 11.5 Å². The number of fused-ring (bicyclic) bond motifs is 5. The van der Waals surface area contributed by atoms with Crippen molar-refractivity contribution < 1.29 is 38.9 Å². The molecular weight excluding hydrogens is 523 g/mol. The SMILES string of the molecule is CC1C[C@H]2[C@@H]3CCC4=CC(=O)C=C(OC(=O)c5ccco5)[C@]4(C)[C@@]3(Cl)[C@@H](O)C[C@]2(C)[C@@]1(O)C(=O)C(O)Cl. The van der Waals surface area contributed by atoms with Crippen molar-refractivity contribution in [3.8, 4) is 0 Å². The van der Waals surface area contributed by atoms with Crippen LogP contribution in [0, 0.1) is 28.6 Å². The molecule has 8 nitrogen and oxygen atoms in total. The number of rotatable bonds is 4. The van der Waals surface area contributed by atoms with Gasteiger partial charge in [0, 0.05) is 11.5 Å². The van der Waals surface area contributed by atoms with Crippen molar-refractivity contribution in [1.82, 2.24) is 0 Å². The average molecular weight is 553 g/mol. The van der Waals surface area contributed by atoms with Gasteiger partial charge >= 0.3 is 5.97 Å². The first-order chi connectivity index (χ1) is 17.2. The second-order valence-corrected chi connectivity index (χ2v) is 12.4. The van der Waals surface area contributed by atoms with E-state index in [-0.39, 0.29) is 29.6 Å². The number of allylic oxidation sites excluding steroid dienone is 3. The van der Waals surface area contributed by atoms with Crippen LogP contribution < -0.4 is 0 Å². The number of hydrogen-bond donors (Lipinski definition) is 3. The number of alkyl halides is 2. The maximum atomic E-state index is 13.0. The lowest BCUT2D eigenvalue weighted by Crippen LogP contribution is -2.70. The quantitative estimate of drug-likeness (QED) is 0.381. The number of aliphatic hydroxyl groups excluding tert-OH is 2. The van der Waals surface area contributed by atoms with Gasteiger partial charge in [-0.15, -0.1) is 11.6 Å². The van der Waals surface area contributed by atoms with Crippen LogP contribution in [-0.4, -0.2) is 55.0 Å². The van der Waals surface area contributed by atoms with Crippen molar-refractivity contribution >= 4 is 40.7 Å². The van der Waals surface area contributed by atoms with Crippen LogP contribution in [0.2, 0.25) is 0 Å². The number of aliphatic hydroxyl groups is 3. The Morgan fingerprint density at radius 3 is 2.57 bits per heavy atom. The maximum Gasteiger partial charge on any atom is 0.379 e. The smallest absolute Gasteiger partial charge is 0.379 e. The topological polar surface area (TPSA) is 134 Å². The molecule has 0 bridgehead atoms. The number of furan rings is 1. The number of ether oxygens (including phenoxy) is 1. The predicted molar refractivity (Wildman–Crippen MR) is 133 cm³/mol. The molecule has 1 aromatic heterocycles. The molecule has 0 aromatic carbocycles. The van der Waals surface area contributed by atoms with Crippen LogP contribution in [-0.2, 0) is 14.3 Å². The second kappa shape index (κ2) is 8.52. The molecule has 4 aliphatic carbocycles. The molecule has 10 heteroatoms. The standard InChI is InChI=1S/C27H30Cl2O8/c1-13-9-17-16-7-6-14-10-15(30)11-20(37-23(34)18-5-4-8-36-18)25(14,3)26(16,29)19(31)12-24(17,2)27(13,35)21(32)22(28)33/h4-5,8,10-11,13,16-17,19,22,31,33,35H,6-7,9,12H2,1-3H3/t13?,16-,17-,19-,22?,24-,25+,26-,27-/m0/s1. The van der Waals surface area contributed by atoms with Crippen LogP contribution in [0.25, 0.3) is 0 Å². The Morgan fingerprint density at radius 1 is 1.24 bits per heavy atom. The summed E-state index contributed by atoms with van der Waals surface area (Å²) in [5, 5.41) is 33.4. The summed E-state index contributed by atoms with van der Waals surface area (Å²) in [5.74, 6) is -3.38. The van der Waals surface area contributed by atoms with Gasteiger partial charge in [0.1, 0.15) is 11.4 Å². The fourth-order valence-corrected chi connectivity index (χ4v) is 8.74. The fraction of sp³-hybridized carbons (Fsp3) is 0.593. The third kappa shape index (κ3) is 3.29. The van der Waals surface area contributed by atoms with Crippen molar-refractivity contribution in [2.75, 3.05) is 0 Å². The molecule has 0 aliphatic heterocycles. The fourth-order valence-electron chi connectivity index (χ4n) is 8.02. The lowest BCUT2D eigenvalue weighted by molar-refractivity contribution is -0.182. The monoisotopic (exact) mass is 552 g/mol. The van der Waals surface area contributed by atoms with E-state index in [0.717, 1.165) is 0 Å². The molecule has 4 aliphatic rings. The molecule has 3 N–H and O–H groups in total. The number of halogens is 2. The van der Waals surface area contributed by atoms with Gasteiger partial charge in [-0.1, -0.05) is 31.0 Å². The Labute approximate surface area is 224 Å². The highest BCUT2D eigenvalue weighted by molar-refractivity contribution is 6.31. The van der Waals surface area contributed by atoms with Crippen LogP contribution in [0.15, 0.2) is 46.3 Å². The molecule has 3 saturated carbocycles. The van der Waals surface area contributed by atoms with Crippen molar-refractivity contribution in [2.45, 2.75) is 68.6 Å². The molecule has 9 atom stereocenters. The molecular formula is C27H30Cl2O8. The van der Waals surface area contributed by atoms with E-state index in [1.807, 2.05) is 0 Å². The number of Topliss-reactive ketones (excluding diaryl/α,β-unsaturated/α-hetero) is 1. The summed E-state index contributed by atoms with van der Waals surface area (Å²) in [4.78, 5) is 37.1. The Balaban J connectivity index is 1.60. The van der Waals surface area contributed by atoms with Crippen molar-refractivity contribution in [2.24, 2.45) is 28.6 Å². The van der Waals surface area contributed by atoms with E-state index < -0.39 is 56.6 Å².